The fraction of sp³-hybridized carbons (Fsp3) is 0.385. The van der Waals surface area contributed by atoms with Gasteiger partial charge in [-0.2, -0.15) is 0 Å². The molecule has 0 aliphatic carbocycles. The molecule has 1 atom stereocenters. The van der Waals surface area contributed by atoms with E-state index in [1.165, 1.54) is 18.4 Å². The van der Waals surface area contributed by atoms with Crippen LogP contribution in [0.2, 0.25) is 0 Å². The maximum Gasteiger partial charge on any atom is 0.224 e. The van der Waals surface area contributed by atoms with Crippen LogP contribution in [0.4, 0.5) is 0 Å². The normalized spacial score (nSPS) is 17.2. The predicted molar refractivity (Wildman–Crippen MR) is 122 cm³/mol. The Kier molecular flexibility index (Phi) is 6.44. The molecule has 1 fully saturated rings. The Morgan fingerprint density at radius 1 is 1.07 bits per heavy atom. The summed E-state index contributed by atoms with van der Waals surface area (Å²) in [6, 6.07) is 19.2. The zero-order chi connectivity index (χ0) is 20.9. The summed E-state index contributed by atoms with van der Waals surface area (Å²) < 4.78 is 0. The predicted octanol–water partition coefficient (Wildman–Crippen LogP) is 4.57. The van der Waals surface area contributed by atoms with Crippen LogP contribution in [0.1, 0.15) is 41.6 Å². The minimum absolute atomic E-state index is 0.0866. The number of aryl methyl sites for hydroxylation is 2. The van der Waals surface area contributed by atoms with E-state index in [1.807, 2.05) is 25.1 Å². The molecule has 3 aromatic rings. The number of hydrogen-bond donors (Lipinski definition) is 1. The van der Waals surface area contributed by atoms with Crippen molar-refractivity contribution in [3.63, 3.8) is 0 Å². The van der Waals surface area contributed by atoms with E-state index in [-0.39, 0.29) is 5.91 Å². The topological polar surface area (TPSA) is 45.2 Å². The van der Waals surface area contributed by atoms with E-state index >= 15 is 0 Å². The van der Waals surface area contributed by atoms with Gasteiger partial charge in [-0.1, -0.05) is 55.0 Å². The Morgan fingerprint density at radius 3 is 2.67 bits per heavy atom. The average molecular weight is 402 g/mol. The second kappa shape index (κ2) is 9.40. The van der Waals surface area contributed by atoms with Gasteiger partial charge in [-0.05, 0) is 56.0 Å². The van der Waals surface area contributed by atoms with Crippen LogP contribution < -0.4 is 5.32 Å². The molecule has 156 valence electrons. The van der Waals surface area contributed by atoms with Crippen molar-refractivity contribution in [3.05, 3.63) is 77.0 Å². The zero-order valence-corrected chi connectivity index (χ0v) is 18.0. The lowest BCUT2D eigenvalue weighted by Crippen LogP contribution is -2.46. The smallest absolute Gasteiger partial charge is 0.224 e. The highest BCUT2D eigenvalue weighted by Gasteiger charge is 2.23. The molecule has 2 aromatic carbocycles. The Morgan fingerprint density at radius 2 is 1.83 bits per heavy atom. The number of carbonyl (C=O) groups is 1. The van der Waals surface area contributed by atoms with E-state index in [9.17, 15) is 4.79 Å². The summed E-state index contributed by atoms with van der Waals surface area (Å²) in [5.74, 6) is 0.0866. The molecule has 1 N–H and O–H groups in total. The number of amides is 1. The van der Waals surface area contributed by atoms with Gasteiger partial charge in [-0.25, -0.2) is 0 Å². The van der Waals surface area contributed by atoms with Crippen molar-refractivity contribution in [2.24, 2.45) is 0 Å². The number of para-hydroxylation sites is 1. The Bertz CT molecular complexity index is 1020. The molecule has 4 heteroatoms. The second-order valence-electron chi connectivity index (χ2n) is 8.40. The lowest BCUT2D eigenvalue weighted by atomic mass is 9.98. The van der Waals surface area contributed by atoms with Gasteiger partial charge in [0.2, 0.25) is 5.91 Å². The molecule has 0 saturated carbocycles. The van der Waals surface area contributed by atoms with Crippen LogP contribution in [0.25, 0.3) is 10.9 Å². The summed E-state index contributed by atoms with van der Waals surface area (Å²) in [7, 11) is 0. The fourth-order valence-corrected chi connectivity index (χ4v) is 4.60. The number of aromatic nitrogens is 1. The summed E-state index contributed by atoms with van der Waals surface area (Å²) in [6.45, 7) is 6.87. The first-order valence-electron chi connectivity index (χ1n) is 11.0. The summed E-state index contributed by atoms with van der Waals surface area (Å²) in [5, 5.41) is 4.34. The third-order valence-corrected chi connectivity index (χ3v) is 6.34. The van der Waals surface area contributed by atoms with Gasteiger partial charge in [-0.15, -0.1) is 0 Å². The van der Waals surface area contributed by atoms with Crippen LogP contribution >= 0.6 is 0 Å². The van der Waals surface area contributed by atoms with Gasteiger partial charge in [-0.3, -0.25) is 14.7 Å². The highest BCUT2D eigenvalue weighted by atomic mass is 16.1. The number of piperidine rings is 1. The molecule has 30 heavy (non-hydrogen) atoms. The highest BCUT2D eigenvalue weighted by Crippen LogP contribution is 2.23. The van der Waals surface area contributed by atoms with Gasteiger partial charge in [0.25, 0.3) is 0 Å². The first kappa shape index (κ1) is 20.5. The van der Waals surface area contributed by atoms with Crippen molar-refractivity contribution in [3.8, 4) is 0 Å². The zero-order valence-electron chi connectivity index (χ0n) is 18.0. The molecule has 1 unspecified atom stereocenters. The number of hydrogen-bond acceptors (Lipinski definition) is 3. The van der Waals surface area contributed by atoms with E-state index in [1.54, 1.807) is 0 Å². The minimum atomic E-state index is 0.0866. The minimum Gasteiger partial charge on any atom is -0.354 e. The second-order valence-corrected chi connectivity index (χ2v) is 8.40. The molecule has 4 nitrogen and oxygen atoms in total. The molecule has 1 amide bonds. The van der Waals surface area contributed by atoms with Gasteiger partial charge < -0.3 is 5.32 Å². The maximum absolute atomic E-state index is 12.8. The van der Waals surface area contributed by atoms with Gasteiger partial charge in [0.1, 0.15) is 0 Å². The highest BCUT2D eigenvalue weighted by molar-refractivity contribution is 5.86. The van der Waals surface area contributed by atoms with Gasteiger partial charge in [0, 0.05) is 30.2 Å². The van der Waals surface area contributed by atoms with Crippen molar-refractivity contribution in [1.29, 1.82) is 0 Å². The van der Waals surface area contributed by atoms with Crippen molar-refractivity contribution in [2.75, 3.05) is 13.1 Å². The number of rotatable bonds is 6. The number of benzene rings is 2. The number of carbonyl (C=O) groups excluding carboxylic acids is 1. The first-order chi connectivity index (χ1) is 14.6. The SMILES string of the molecule is Cc1nc2ccccc2c(C)c1CC(=O)NCC1CCCCN1Cc1ccccc1. The molecule has 1 aromatic heterocycles. The monoisotopic (exact) mass is 401 g/mol. The Labute approximate surface area is 179 Å². The Hall–Kier alpha value is -2.72. The molecular formula is C26H31N3O. The van der Waals surface area contributed by atoms with E-state index in [4.69, 9.17) is 4.98 Å². The van der Waals surface area contributed by atoms with Gasteiger partial charge in [0.05, 0.1) is 11.9 Å². The van der Waals surface area contributed by atoms with Crippen LogP contribution in [0, 0.1) is 13.8 Å². The Balaban J connectivity index is 1.40. The quantitative estimate of drug-likeness (QED) is 0.658. The van der Waals surface area contributed by atoms with Crippen LogP contribution in [0.15, 0.2) is 54.6 Å². The van der Waals surface area contributed by atoms with E-state index < -0.39 is 0 Å². The van der Waals surface area contributed by atoms with Crippen molar-refractivity contribution in [1.82, 2.24) is 15.2 Å². The van der Waals surface area contributed by atoms with Crippen LogP contribution in [0.5, 0.6) is 0 Å². The summed E-state index contributed by atoms with van der Waals surface area (Å²) in [6.07, 6.45) is 4.00. The molecular weight excluding hydrogens is 370 g/mol. The molecule has 1 saturated heterocycles. The lowest BCUT2D eigenvalue weighted by Gasteiger charge is -2.36. The van der Waals surface area contributed by atoms with Crippen LogP contribution in [-0.4, -0.2) is 34.9 Å². The van der Waals surface area contributed by atoms with Crippen LogP contribution in [0.3, 0.4) is 0 Å². The number of pyridine rings is 1. The van der Waals surface area contributed by atoms with E-state index in [0.717, 1.165) is 47.2 Å². The summed E-state index contributed by atoms with van der Waals surface area (Å²) in [4.78, 5) is 20.0. The molecule has 2 heterocycles. The van der Waals surface area contributed by atoms with E-state index in [2.05, 4.69) is 53.5 Å². The third-order valence-electron chi connectivity index (χ3n) is 6.34. The largest absolute Gasteiger partial charge is 0.354 e. The van der Waals surface area contributed by atoms with Crippen molar-refractivity contribution < 1.29 is 4.79 Å². The number of nitrogens with one attached hydrogen (secondary N) is 1. The molecule has 4 rings (SSSR count). The standard InChI is InChI=1S/C26H31N3O/c1-19-23-13-6-7-14-25(23)28-20(2)24(19)16-26(30)27-17-22-12-8-9-15-29(22)18-21-10-4-3-5-11-21/h3-7,10-11,13-14,22H,8-9,12,15-18H2,1-2H3,(H,27,30). The van der Waals surface area contributed by atoms with Gasteiger partial charge >= 0.3 is 0 Å². The summed E-state index contributed by atoms with van der Waals surface area (Å²) >= 11 is 0. The van der Waals surface area contributed by atoms with Crippen LogP contribution in [-0.2, 0) is 17.8 Å². The molecule has 1 aliphatic rings. The number of likely N-dealkylation sites (tertiary alicyclic amines) is 1. The molecule has 0 radical (unpaired) electrons. The van der Waals surface area contributed by atoms with Crippen molar-refractivity contribution >= 4 is 16.8 Å². The maximum atomic E-state index is 12.8. The first-order valence-corrected chi connectivity index (χ1v) is 11.0. The molecule has 0 spiro atoms. The van der Waals surface area contributed by atoms with Gasteiger partial charge in [0.15, 0.2) is 0 Å². The molecule has 1 aliphatic heterocycles. The fourth-order valence-electron chi connectivity index (χ4n) is 4.60. The number of fused-ring (bicyclic) bond motifs is 1. The van der Waals surface area contributed by atoms with E-state index in [0.29, 0.717) is 19.0 Å². The average Bonchev–Trinajstić information content (AvgIpc) is 2.77. The molecule has 0 bridgehead atoms. The lowest BCUT2D eigenvalue weighted by molar-refractivity contribution is -0.120. The van der Waals surface area contributed by atoms with Crippen molar-refractivity contribution in [2.45, 2.75) is 52.1 Å². The number of nitrogens with zero attached hydrogens (tertiary/aromatic N) is 2. The third kappa shape index (κ3) is 4.71. The summed E-state index contributed by atoms with van der Waals surface area (Å²) in [5.41, 5.74) is 5.50.